The van der Waals surface area contributed by atoms with Crippen LogP contribution < -0.4 is 9.47 Å². The average molecular weight is 276 g/mol. The highest BCUT2D eigenvalue weighted by Crippen LogP contribution is 2.20. The van der Waals surface area contributed by atoms with E-state index >= 15 is 0 Å². The molecule has 0 aliphatic heterocycles. The fourth-order valence-corrected chi connectivity index (χ4v) is 1.53. The molecule has 1 N–H and O–H groups in total. The van der Waals surface area contributed by atoms with Gasteiger partial charge in [0.05, 0.1) is 0 Å². The topological polar surface area (TPSA) is 55.8 Å². The third kappa shape index (κ3) is 3.98. The van der Waals surface area contributed by atoms with Crippen molar-refractivity contribution in [1.82, 2.24) is 0 Å². The molecule has 0 bridgehead atoms. The van der Waals surface area contributed by atoms with Gasteiger partial charge < -0.3 is 14.6 Å². The van der Waals surface area contributed by atoms with E-state index in [1.54, 1.807) is 12.1 Å². The molecule has 0 fully saturated rings. The van der Waals surface area contributed by atoms with Crippen LogP contribution in [0.4, 0.5) is 4.39 Å². The molecule has 0 saturated heterocycles. The van der Waals surface area contributed by atoms with Gasteiger partial charge in [-0.3, -0.25) is 0 Å². The first-order chi connectivity index (χ1) is 9.65. The Balaban J connectivity index is 1.90. The molecule has 1 unspecified atom stereocenters. The Bertz CT molecular complexity index is 554. The van der Waals surface area contributed by atoms with Crippen molar-refractivity contribution >= 4 is 5.97 Å². The first kappa shape index (κ1) is 13.9. The maximum absolute atomic E-state index is 12.8. The Morgan fingerprint density at radius 3 is 2.25 bits per heavy atom. The molecule has 20 heavy (non-hydrogen) atoms. The molecule has 2 rings (SSSR count). The zero-order chi connectivity index (χ0) is 14.4. The number of carboxylic acids is 1. The number of alkyl halides is 1. The van der Waals surface area contributed by atoms with Crippen LogP contribution in [-0.4, -0.2) is 17.4 Å². The van der Waals surface area contributed by atoms with E-state index < -0.39 is 12.3 Å². The number of hydrogen-bond donors (Lipinski definition) is 1. The highest BCUT2D eigenvalue weighted by Gasteiger charge is 2.16. The summed E-state index contributed by atoms with van der Waals surface area (Å²) in [6.45, 7) is 0.419. The number of ether oxygens (including phenoxy) is 2. The summed E-state index contributed by atoms with van der Waals surface area (Å²) in [7, 11) is 0. The minimum Gasteiger partial charge on any atom is -0.489 e. The number of hydrogen-bond acceptors (Lipinski definition) is 3. The van der Waals surface area contributed by atoms with E-state index in [1.165, 1.54) is 12.1 Å². The third-order valence-electron chi connectivity index (χ3n) is 2.51. The lowest BCUT2D eigenvalue weighted by molar-refractivity contribution is -0.153. The maximum atomic E-state index is 12.8. The van der Waals surface area contributed by atoms with Crippen LogP contribution in [0.1, 0.15) is 5.56 Å². The molecule has 0 spiro atoms. The van der Waals surface area contributed by atoms with Gasteiger partial charge in [-0.2, -0.15) is 4.39 Å². The number of rotatable bonds is 6. The fourth-order valence-electron chi connectivity index (χ4n) is 1.53. The second-order valence-corrected chi connectivity index (χ2v) is 4.02. The van der Waals surface area contributed by atoms with Crippen LogP contribution >= 0.6 is 0 Å². The van der Waals surface area contributed by atoms with Gasteiger partial charge in [0.25, 0.3) is 0 Å². The lowest BCUT2D eigenvalue weighted by Crippen LogP contribution is -2.21. The van der Waals surface area contributed by atoms with Crippen LogP contribution in [0.15, 0.2) is 54.6 Å². The van der Waals surface area contributed by atoms with Crippen molar-refractivity contribution in [1.29, 1.82) is 0 Å². The molecule has 0 radical (unpaired) electrons. The van der Waals surface area contributed by atoms with Gasteiger partial charge in [0, 0.05) is 0 Å². The van der Waals surface area contributed by atoms with Crippen LogP contribution in [0.3, 0.4) is 0 Å². The monoisotopic (exact) mass is 276 g/mol. The number of carbonyl (C=O) groups is 1. The van der Waals surface area contributed by atoms with Crippen molar-refractivity contribution < 1.29 is 23.8 Å². The van der Waals surface area contributed by atoms with Crippen LogP contribution in [0.2, 0.25) is 0 Å². The largest absolute Gasteiger partial charge is 0.489 e. The van der Waals surface area contributed by atoms with Crippen molar-refractivity contribution in [3.05, 3.63) is 60.2 Å². The maximum Gasteiger partial charge on any atom is 0.378 e. The second-order valence-electron chi connectivity index (χ2n) is 4.02. The van der Waals surface area contributed by atoms with Gasteiger partial charge in [0.2, 0.25) is 0 Å². The zero-order valence-electron chi connectivity index (χ0n) is 10.5. The molecular formula is C15H13FO4. The SMILES string of the molecule is O=C(O)C(F)Oc1ccc(OCc2ccccc2)cc1. The van der Waals surface area contributed by atoms with E-state index in [1.807, 2.05) is 30.3 Å². The molecule has 0 amide bonds. The summed E-state index contributed by atoms with van der Waals surface area (Å²) in [4.78, 5) is 10.3. The van der Waals surface area contributed by atoms with Gasteiger partial charge in [-0.15, -0.1) is 0 Å². The smallest absolute Gasteiger partial charge is 0.378 e. The highest BCUT2D eigenvalue weighted by molar-refractivity contribution is 5.70. The summed E-state index contributed by atoms with van der Waals surface area (Å²) in [5, 5.41) is 8.38. The average Bonchev–Trinajstić information content (AvgIpc) is 2.47. The van der Waals surface area contributed by atoms with Crippen LogP contribution in [-0.2, 0) is 11.4 Å². The van der Waals surface area contributed by atoms with E-state index in [-0.39, 0.29) is 5.75 Å². The zero-order valence-corrected chi connectivity index (χ0v) is 10.5. The van der Waals surface area contributed by atoms with E-state index in [0.29, 0.717) is 12.4 Å². The summed E-state index contributed by atoms with van der Waals surface area (Å²) >= 11 is 0. The molecule has 4 nitrogen and oxygen atoms in total. The molecular weight excluding hydrogens is 263 g/mol. The standard InChI is InChI=1S/C15H13FO4/c16-14(15(17)18)20-13-8-6-12(7-9-13)19-10-11-4-2-1-3-5-11/h1-9,14H,10H2,(H,17,18). The second kappa shape index (κ2) is 6.56. The first-order valence-electron chi connectivity index (χ1n) is 5.95. The Labute approximate surface area is 115 Å². The Kier molecular flexibility index (Phi) is 4.55. The number of aliphatic carboxylic acids is 1. The Hall–Kier alpha value is -2.56. The summed E-state index contributed by atoms with van der Waals surface area (Å²) in [5.74, 6) is -0.937. The molecule has 2 aromatic carbocycles. The van der Waals surface area contributed by atoms with Crippen molar-refractivity contribution in [2.24, 2.45) is 0 Å². The van der Waals surface area contributed by atoms with Gasteiger partial charge in [-0.05, 0) is 29.8 Å². The van der Waals surface area contributed by atoms with Crippen LogP contribution in [0.5, 0.6) is 11.5 Å². The minimum absolute atomic E-state index is 0.131. The minimum atomic E-state index is -2.37. The quantitative estimate of drug-likeness (QED) is 0.881. The van der Waals surface area contributed by atoms with Crippen molar-refractivity contribution in [2.45, 2.75) is 13.0 Å². The number of benzene rings is 2. The molecule has 5 heteroatoms. The summed E-state index contributed by atoms with van der Waals surface area (Å²) in [6.07, 6.45) is -2.37. The van der Waals surface area contributed by atoms with Gasteiger partial charge in [-0.1, -0.05) is 30.3 Å². The van der Waals surface area contributed by atoms with Crippen molar-refractivity contribution in [3.8, 4) is 11.5 Å². The molecule has 0 aliphatic carbocycles. The molecule has 0 saturated carbocycles. The van der Waals surface area contributed by atoms with Gasteiger partial charge >= 0.3 is 12.3 Å². The Morgan fingerprint density at radius 1 is 1.05 bits per heavy atom. The lowest BCUT2D eigenvalue weighted by Gasteiger charge is -2.09. The highest BCUT2D eigenvalue weighted by atomic mass is 19.1. The molecule has 1 atom stereocenters. The van der Waals surface area contributed by atoms with Gasteiger partial charge in [0.1, 0.15) is 18.1 Å². The van der Waals surface area contributed by atoms with E-state index in [0.717, 1.165) is 5.56 Å². The lowest BCUT2D eigenvalue weighted by atomic mass is 10.2. The molecule has 0 heterocycles. The molecule has 2 aromatic rings. The number of halogens is 1. The normalized spacial score (nSPS) is 11.7. The Morgan fingerprint density at radius 2 is 1.65 bits per heavy atom. The predicted molar refractivity (Wildman–Crippen MR) is 70.4 cm³/mol. The van der Waals surface area contributed by atoms with E-state index in [9.17, 15) is 9.18 Å². The fraction of sp³-hybridized carbons (Fsp3) is 0.133. The van der Waals surface area contributed by atoms with Crippen molar-refractivity contribution in [2.75, 3.05) is 0 Å². The first-order valence-corrected chi connectivity index (χ1v) is 5.95. The van der Waals surface area contributed by atoms with Crippen molar-refractivity contribution in [3.63, 3.8) is 0 Å². The third-order valence-corrected chi connectivity index (χ3v) is 2.51. The summed E-state index contributed by atoms with van der Waals surface area (Å²) < 4.78 is 22.9. The summed E-state index contributed by atoms with van der Waals surface area (Å²) in [6, 6.07) is 15.7. The van der Waals surface area contributed by atoms with E-state index in [2.05, 4.69) is 4.74 Å². The number of carboxylic acid groups (broad SMARTS) is 1. The molecule has 104 valence electrons. The molecule has 0 aromatic heterocycles. The van der Waals surface area contributed by atoms with Gasteiger partial charge in [-0.25, -0.2) is 4.79 Å². The van der Waals surface area contributed by atoms with E-state index in [4.69, 9.17) is 9.84 Å². The van der Waals surface area contributed by atoms with Gasteiger partial charge in [0.15, 0.2) is 0 Å². The predicted octanol–water partition coefficient (Wildman–Crippen LogP) is 3.02. The summed E-state index contributed by atoms with van der Waals surface area (Å²) in [5.41, 5.74) is 1.03. The van der Waals surface area contributed by atoms with Crippen LogP contribution in [0.25, 0.3) is 0 Å². The molecule has 0 aliphatic rings. The van der Waals surface area contributed by atoms with Crippen LogP contribution in [0, 0.1) is 0 Å².